The summed E-state index contributed by atoms with van der Waals surface area (Å²) in [7, 11) is 1.62. The Morgan fingerprint density at radius 1 is 1.44 bits per heavy atom. The maximum atomic E-state index is 12.3. The first-order chi connectivity index (χ1) is 8.40. The van der Waals surface area contributed by atoms with Crippen LogP contribution in [0.5, 0.6) is 5.75 Å². The van der Waals surface area contributed by atoms with Gasteiger partial charge in [-0.1, -0.05) is 22.9 Å². The molecule has 1 N–H and O–H groups in total. The number of benzene rings is 1. The van der Waals surface area contributed by atoms with E-state index in [-0.39, 0.29) is 5.78 Å². The van der Waals surface area contributed by atoms with Crippen LogP contribution in [0.3, 0.4) is 0 Å². The summed E-state index contributed by atoms with van der Waals surface area (Å²) in [5.41, 5.74) is 0.447. The van der Waals surface area contributed by atoms with Crippen molar-refractivity contribution in [1.82, 2.24) is 5.32 Å². The highest BCUT2D eigenvalue weighted by molar-refractivity contribution is 9.10. The lowest BCUT2D eigenvalue weighted by molar-refractivity contribution is -0.123. The molecule has 4 heteroatoms. The molecular formula is C14H20BrNO2. The Bertz CT molecular complexity index is 430. The molecule has 0 unspecified atom stereocenters. The van der Waals surface area contributed by atoms with Crippen molar-refractivity contribution in [3.8, 4) is 5.75 Å². The largest absolute Gasteiger partial charge is 0.497 e. The Balaban J connectivity index is 2.87. The van der Waals surface area contributed by atoms with E-state index in [9.17, 15) is 4.79 Å². The first-order valence-corrected chi connectivity index (χ1v) is 6.80. The Hall–Kier alpha value is -0.870. The van der Waals surface area contributed by atoms with E-state index in [0.717, 1.165) is 22.3 Å². The molecule has 1 aromatic carbocycles. The van der Waals surface area contributed by atoms with Crippen molar-refractivity contribution in [1.29, 1.82) is 0 Å². The van der Waals surface area contributed by atoms with Crippen LogP contribution in [0.1, 0.15) is 26.3 Å². The monoisotopic (exact) mass is 313 g/mol. The fourth-order valence-electron chi connectivity index (χ4n) is 1.75. The number of carbonyl (C=O) groups is 1. The van der Waals surface area contributed by atoms with Crippen LogP contribution in [-0.2, 0) is 11.2 Å². The number of methoxy groups -OCH3 is 1. The molecule has 0 saturated carbocycles. The Kier molecular flexibility index (Phi) is 5.35. The van der Waals surface area contributed by atoms with Crippen molar-refractivity contribution in [3.63, 3.8) is 0 Å². The number of Topliss-reactive ketones (excluding diaryl/α,β-unsaturated/α-hetero) is 1. The summed E-state index contributed by atoms with van der Waals surface area (Å²) < 4.78 is 6.11. The molecule has 3 nitrogen and oxygen atoms in total. The van der Waals surface area contributed by atoms with E-state index >= 15 is 0 Å². The third-order valence-electron chi connectivity index (χ3n) is 2.92. The smallest absolute Gasteiger partial charge is 0.156 e. The molecule has 0 radical (unpaired) electrons. The second-order valence-electron chi connectivity index (χ2n) is 4.71. The van der Waals surface area contributed by atoms with Gasteiger partial charge in [-0.25, -0.2) is 0 Å². The van der Waals surface area contributed by atoms with Gasteiger partial charge < -0.3 is 10.1 Å². The minimum Gasteiger partial charge on any atom is -0.497 e. The Labute approximate surface area is 117 Å². The van der Waals surface area contributed by atoms with Crippen LogP contribution in [0.25, 0.3) is 0 Å². The summed E-state index contributed by atoms with van der Waals surface area (Å²) >= 11 is 3.47. The van der Waals surface area contributed by atoms with E-state index in [1.165, 1.54) is 0 Å². The summed E-state index contributed by atoms with van der Waals surface area (Å²) in [6.07, 6.45) is 0.387. The van der Waals surface area contributed by atoms with Crippen molar-refractivity contribution in [2.45, 2.75) is 32.7 Å². The summed E-state index contributed by atoms with van der Waals surface area (Å²) in [6, 6.07) is 5.67. The zero-order valence-electron chi connectivity index (χ0n) is 11.3. The number of ketones is 1. The van der Waals surface area contributed by atoms with Crippen molar-refractivity contribution in [3.05, 3.63) is 28.2 Å². The lowest BCUT2D eigenvalue weighted by atomic mass is 9.93. The van der Waals surface area contributed by atoms with E-state index in [2.05, 4.69) is 21.2 Å². The van der Waals surface area contributed by atoms with Crippen LogP contribution in [0, 0.1) is 0 Å². The zero-order valence-corrected chi connectivity index (χ0v) is 12.9. The summed E-state index contributed by atoms with van der Waals surface area (Å²) in [4.78, 5) is 12.3. The van der Waals surface area contributed by atoms with Crippen LogP contribution in [0.15, 0.2) is 22.7 Å². The zero-order chi connectivity index (χ0) is 13.8. The first-order valence-electron chi connectivity index (χ1n) is 6.01. The SMILES string of the molecule is CCNC(C)(C)C(=O)Cc1cc(OC)ccc1Br. The van der Waals surface area contributed by atoms with Gasteiger partial charge in [0, 0.05) is 10.9 Å². The maximum absolute atomic E-state index is 12.3. The average molecular weight is 314 g/mol. The van der Waals surface area contributed by atoms with Gasteiger partial charge in [0.05, 0.1) is 12.6 Å². The van der Waals surface area contributed by atoms with Crippen LogP contribution in [0.2, 0.25) is 0 Å². The fraction of sp³-hybridized carbons (Fsp3) is 0.500. The standard InChI is InChI=1S/C14H20BrNO2/c1-5-16-14(2,3)13(17)9-10-8-11(18-4)6-7-12(10)15/h6-8,16H,5,9H2,1-4H3. The quantitative estimate of drug-likeness (QED) is 0.877. The van der Waals surface area contributed by atoms with E-state index in [1.807, 2.05) is 39.0 Å². The van der Waals surface area contributed by atoms with E-state index in [1.54, 1.807) is 7.11 Å². The summed E-state index contributed by atoms with van der Waals surface area (Å²) in [5, 5.41) is 3.19. The summed E-state index contributed by atoms with van der Waals surface area (Å²) in [6.45, 7) is 6.59. The predicted molar refractivity (Wildman–Crippen MR) is 77.2 cm³/mol. The van der Waals surface area contributed by atoms with Gasteiger partial charge in [0.15, 0.2) is 5.78 Å². The summed E-state index contributed by atoms with van der Waals surface area (Å²) in [5.74, 6) is 0.931. The molecule has 0 amide bonds. The molecule has 1 rings (SSSR count). The fourth-order valence-corrected chi connectivity index (χ4v) is 2.13. The van der Waals surface area contributed by atoms with Crippen LogP contribution < -0.4 is 10.1 Å². The molecule has 0 heterocycles. The molecule has 100 valence electrons. The highest BCUT2D eigenvalue weighted by Gasteiger charge is 2.26. The number of ether oxygens (including phenoxy) is 1. The number of likely N-dealkylation sites (N-methyl/N-ethyl adjacent to an activating group) is 1. The molecule has 0 spiro atoms. The number of nitrogens with one attached hydrogen (secondary N) is 1. The first kappa shape index (κ1) is 15.2. The molecule has 0 aliphatic heterocycles. The lowest BCUT2D eigenvalue weighted by Crippen LogP contribution is -2.47. The van der Waals surface area contributed by atoms with Crippen LogP contribution in [-0.4, -0.2) is 25.0 Å². The number of hydrogen-bond donors (Lipinski definition) is 1. The van der Waals surface area contributed by atoms with Crippen molar-refractivity contribution >= 4 is 21.7 Å². The Morgan fingerprint density at radius 2 is 2.11 bits per heavy atom. The molecule has 0 aromatic heterocycles. The third-order valence-corrected chi connectivity index (χ3v) is 3.69. The van der Waals surface area contributed by atoms with Crippen LogP contribution in [0.4, 0.5) is 0 Å². The molecule has 18 heavy (non-hydrogen) atoms. The topological polar surface area (TPSA) is 38.3 Å². The van der Waals surface area contributed by atoms with Gasteiger partial charge in [-0.05, 0) is 44.2 Å². The number of hydrogen-bond acceptors (Lipinski definition) is 3. The van der Waals surface area contributed by atoms with E-state index in [4.69, 9.17) is 4.74 Å². The van der Waals surface area contributed by atoms with Gasteiger partial charge in [-0.3, -0.25) is 4.79 Å². The van der Waals surface area contributed by atoms with Gasteiger partial charge in [0.25, 0.3) is 0 Å². The number of carbonyl (C=O) groups excluding carboxylic acids is 1. The van der Waals surface area contributed by atoms with Crippen molar-refractivity contribution in [2.24, 2.45) is 0 Å². The molecular weight excluding hydrogens is 294 g/mol. The maximum Gasteiger partial charge on any atom is 0.156 e. The molecule has 0 atom stereocenters. The van der Waals surface area contributed by atoms with Crippen LogP contribution >= 0.6 is 15.9 Å². The predicted octanol–water partition coefficient (Wildman–Crippen LogP) is 2.96. The molecule has 0 aliphatic carbocycles. The molecule has 0 aliphatic rings. The second kappa shape index (κ2) is 6.34. The van der Waals surface area contributed by atoms with Crippen molar-refractivity contribution in [2.75, 3.05) is 13.7 Å². The van der Waals surface area contributed by atoms with E-state index < -0.39 is 5.54 Å². The minimum atomic E-state index is -0.503. The molecule has 0 saturated heterocycles. The Morgan fingerprint density at radius 3 is 2.67 bits per heavy atom. The van der Waals surface area contributed by atoms with Gasteiger partial charge in [-0.2, -0.15) is 0 Å². The minimum absolute atomic E-state index is 0.165. The van der Waals surface area contributed by atoms with E-state index in [0.29, 0.717) is 6.42 Å². The second-order valence-corrected chi connectivity index (χ2v) is 5.57. The lowest BCUT2D eigenvalue weighted by Gasteiger charge is -2.24. The molecule has 0 bridgehead atoms. The van der Waals surface area contributed by atoms with Gasteiger partial charge in [0.1, 0.15) is 5.75 Å². The van der Waals surface area contributed by atoms with Gasteiger partial charge >= 0.3 is 0 Å². The van der Waals surface area contributed by atoms with Crippen molar-refractivity contribution < 1.29 is 9.53 Å². The third kappa shape index (κ3) is 3.82. The number of rotatable bonds is 6. The van der Waals surface area contributed by atoms with Gasteiger partial charge in [-0.15, -0.1) is 0 Å². The normalized spacial score (nSPS) is 11.4. The highest BCUT2D eigenvalue weighted by atomic mass is 79.9. The average Bonchev–Trinajstić information content (AvgIpc) is 2.31. The van der Waals surface area contributed by atoms with Gasteiger partial charge in [0.2, 0.25) is 0 Å². The molecule has 0 fully saturated rings. The number of halogens is 1. The highest BCUT2D eigenvalue weighted by Crippen LogP contribution is 2.24. The molecule has 1 aromatic rings.